The van der Waals surface area contributed by atoms with E-state index in [1.54, 1.807) is 0 Å². The number of rotatable bonds is 1. The molecule has 0 fully saturated rings. The van der Waals surface area contributed by atoms with Crippen molar-refractivity contribution in [1.29, 1.82) is 0 Å². The summed E-state index contributed by atoms with van der Waals surface area (Å²) >= 11 is 4.72. The van der Waals surface area contributed by atoms with Crippen LogP contribution in [0.15, 0.2) is 37.5 Å². The summed E-state index contributed by atoms with van der Waals surface area (Å²) < 4.78 is 8.32. The first-order valence-electron chi connectivity index (χ1n) is 3.99. The van der Waals surface area contributed by atoms with E-state index in [9.17, 15) is 0 Å². The van der Waals surface area contributed by atoms with Crippen molar-refractivity contribution in [1.82, 2.24) is 0 Å². The second-order valence-electron chi connectivity index (χ2n) is 2.85. The lowest BCUT2D eigenvalue weighted by molar-refractivity contribution is 0.128. The number of hydrogen-bond donors (Lipinski definition) is 0. The van der Waals surface area contributed by atoms with Crippen molar-refractivity contribution >= 4 is 45.2 Å². The van der Waals surface area contributed by atoms with Crippen LogP contribution in [0.1, 0.15) is 11.7 Å². The van der Waals surface area contributed by atoms with E-state index < -0.39 is 0 Å². The van der Waals surface area contributed by atoms with Gasteiger partial charge in [-0.3, -0.25) is 0 Å². The van der Waals surface area contributed by atoms with Crippen LogP contribution in [0.25, 0.3) is 0 Å². The summed E-state index contributed by atoms with van der Waals surface area (Å²) in [6.45, 7) is 0.762. The summed E-state index contributed by atoms with van der Waals surface area (Å²) in [7, 11) is 0. The minimum atomic E-state index is 0.175. The molecule has 0 saturated heterocycles. The summed E-state index contributed by atoms with van der Waals surface area (Å²) in [6.07, 6.45) is 0.175. The van der Waals surface area contributed by atoms with E-state index in [4.69, 9.17) is 4.74 Å². The van der Waals surface area contributed by atoms with E-state index in [1.807, 2.05) is 18.2 Å². The Morgan fingerprint density at radius 1 is 1.15 bits per heavy atom. The van der Waals surface area contributed by atoms with Gasteiger partial charge in [0.15, 0.2) is 0 Å². The van der Waals surface area contributed by atoms with Crippen molar-refractivity contribution in [3.63, 3.8) is 0 Å². The Kier molecular flexibility index (Phi) is 3.26. The average Bonchev–Trinajstić information content (AvgIpc) is 2.49. The third kappa shape index (κ3) is 2.07. The van der Waals surface area contributed by atoms with E-state index in [0.717, 1.165) is 6.61 Å². The van der Waals surface area contributed by atoms with Gasteiger partial charge in [0.25, 0.3) is 0 Å². The highest BCUT2D eigenvalue weighted by molar-refractivity contribution is 14.1. The first kappa shape index (κ1) is 9.92. The van der Waals surface area contributed by atoms with Crippen LogP contribution >= 0.6 is 45.2 Å². The molecule has 0 aromatic heterocycles. The number of halogens is 2. The van der Waals surface area contributed by atoms with Gasteiger partial charge in [0.2, 0.25) is 0 Å². The molecule has 1 heterocycles. The summed E-state index contributed by atoms with van der Waals surface area (Å²) in [5.74, 6) is 0. The lowest BCUT2D eigenvalue weighted by atomic mass is 10.1. The summed E-state index contributed by atoms with van der Waals surface area (Å²) in [6, 6.07) is 10.3. The smallest absolute Gasteiger partial charge is 0.114 e. The van der Waals surface area contributed by atoms with Gasteiger partial charge in [0, 0.05) is 7.16 Å². The topological polar surface area (TPSA) is 9.23 Å². The highest BCUT2D eigenvalue weighted by Crippen LogP contribution is 2.40. The lowest BCUT2D eigenvalue weighted by Gasteiger charge is -2.10. The van der Waals surface area contributed by atoms with E-state index in [2.05, 4.69) is 57.3 Å². The molecule has 0 radical (unpaired) electrons. The molecule has 0 N–H and O–H groups in total. The molecule has 13 heavy (non-hydrogen) atoms. The van der Waals surface area contributed by atoms with Crippen LogP contribution in [0, 0.1) is 0 Å². The number of ether oxygens (including phenoxy) is 1. The maximum Gasteiger partial charge on any atom is 0.114 e. The van der Waals surface area contributed by atoms with Crippen LogP contribution in [0.2, 0.25) is 0 Å². The molecule has 1 nitrogen and oxygen atoms in total. The number of benzene rings is 1. The van der Waals surface area contributed by atoms with Crippen molar-refractivity contribution in [3.05, 3.63) is 43.1 Å². The predicted molar refractivity (Wildman–Crippen MR) is 70.2 cm³/mol. The van der Waals surface area contributed by atoms with Crippen molar-refractivity contribution in [3.8, 4) is 0 Å². The molecule has 0 spiro atoms. The molecule has 1 unspecified atom stereocenters. The minimum absolute atomic E-state index is 0.175. The molecule has 0 saturated carbocycles. The fourth-order valence-electron chi connectivity index (χ4n) is 1.31. The Bertz CT molecular complexity index is 332. The first-order valence-corrected chi connectivity index (χ1v) is 6.15. The third-order valence-corrected chi connectivity index (χ3v) is 5.11. The van der Waals surface area contributed by atoms with Gasteiger partial charge in [-0.2, -0.15) is 0 Å². The molecule has 0 bridgehead atoms. The first-order chi connectivity index (χ1) is 6.29. The van der Waals surface area contributed by atoms with Crippen LogP contribution in [-0.2, 0) is 4.74 Å². The van der Waals surface area contributed by atoms with E-state index in [0.29, 0.717) is 0 Å². The second-order valence-corrected chi connectivity index (χ2v) is 5.32. The van der Waals surface area contributed by atoms with Crippen LogP contribution in [-0.4, -0.2) is 6.61 Å². The van der Waals surface area contributed by atoms with Crippen molar-refractivity contribution in [2.45, 2.75) is 6.10 Å². The Hall–Kier alpha value is 0.380. The van der Waals surface area contributed by atoms with Gasteiger partial charge < -0.3 is 4.74 Å². The third-order valence-electron chi connectivity index (χ3n) is 1.97. The van der Waals surface area contributed by atoms with Gasteiger partial charge in [0.1, 0.15) is 6.10 Å². The molecule has 0 aliphatic carbocycles. The van der Waals surface area contributed by atoms with E-state index in [1.165, 1.54) is 12.7 Å². The summed E-state index contributed by atoms with van der Waals surface area (Å²) in [4.78, 5) is 0. The SMILES string of the molecule is IC1=C(I)C(c2ccccc2)OC1. The zero-order chi connectivity index (χ0) is 9.26. The Morgan fingerprint density at radius 3 is 2.38 bits per heavy atom. The van der Waals surface area contributed by atoms with Crippen LogP contribution in [0.3, 0.4) is 0 Å². The zero-order valence-electron chi connectivity index (χ0n) is 6.84. The molecule has 1 aromatic carbocycles. The van der Waals surface area contributed by atoms with Gasteiger partial charge >= 0.3 is 0 Å². The maximum absolute atomic E-state index is 5.67. The van der Waals surface area contributed by atoms with Gasteiger partial charge in [0.05, 0.1) is 6.61 Å². The van der Waals surface area contributed by atoms with Crippen molar-refractivity contribution < 1.29 is 4.74 Å². The van der Waals surface area contributed by atoms with E-state index >= 15 is 0 Å². The van der Waals surface area contributed by atoms with Gasteiger partial charge in [-0.25, -0.2) is 0 Å². The summed E-state index contributed by atoms with van der Waals surface area (Å²) in [5.41, 5.74) is 1.25. The highest BCUT2D eigenvalue weighted by Gasteiger charge is 2.24. The summed E-state index contributed by atoms with van der Waals surface area (Å²) in [5, 5.41) is 0. The molecule has 1 aliphatic heterocycles. The fourth-order valence-corrected chi connectivity index (χ4v) is 2.47. The fraction of sp³-hybridized carbons (Fsp3) is 0.200. The van der Waals surface area contributed by atoms with Crippen molar-refractivity contribution in [2.24, 2.45) is 0 Å². The molecule has 1 atom stereocenters. The molecule has 1 aromatic rings. The monoisotopic (exact) mass is 398 g/mol. The predicted octanol–water partition coefficient (Wildman–Crippen LogP) is 3.84. The van der Waals surface area contributed by atoms with Gasteiger partial charge in [-0.15, -0.1) is 0 Å². The molecule has 0 amide bonds. The van der Waals surface area contributed by atoms with Crippen LogP contribution < -0.4 is 0 Å². The normalized spacial score (nSPS) is 22.5. The highest BCUT2D eigenvalue weighted by atomic mass is 127. The maximum atomic E-state index is 5.67. The molecular formula is C10H8I2O. The lowest BCUT2D eigenvalue weighted by Crippen LogP contribution is -1.96. The standard InChI is InChI=1S/C10H8I2O/c11-8-6-13-10(9(8)12)7-4-2-1-3-5-7/h1-5,10H,6H2. The Balaban J connectivity index is 2.30. The molecular weight excluding hydrogens is 390 g/mol. The zero-order valence-corrected chi connectivity index (χ0v) is 11.2. The average molecular weight is 398 g/mol. The molecule has 3 heteroatoms. The van der Waals surface area contributed by atoms with Crippen LogP contribution in [0.5, 0.6) is 0 Å². The van der Waals surface area contributed by atoms with Gasteiger partial charge in [-0.05, 0) is 50.7 Å². The minimum Gasteiger partial charge on any atom is -0.363 e. The second kappa shape index (κ2) is 4.27. The quantitative estimate of drug-likeness (QED) is 0.654. The van der Waals surface area contributed by atoms with E-state index in [-0.39, 0.29) is 6.10 Å². The number of hydrogen-bond acceptors (Lipinski definition) is 1. The van der Waals surface area contributed by atoms with Crippen molar-refractivity contribution in [2.75, 3.05) is 6.61 Å². The van der Waals surface area contributed by atoms with Crippen LogP contribution in [0.4, 0.5) is 0 Å². The molecule has 2 rings (SSSR count). The molecule has 1 aliphatic rings. The van der Waals surface area contributed by atoms with Gasteiger partial charge in [-0.1, -0.05) is 30.3 Å². The largest absolute Gasteiger partial charge is 0.363 e. The molecule has 68 valence electrons. The Morgan fingerprint density at radius 2 is 1.85 bits per heavy atom. The Labute approximate surface area is 105 Å².